The van der Waals surface area contributed by atoms with E-state index in [1.807, 2.05) is 18.2 Å². The Morgan fingerprint density at radius 2 is 1.90 bits per heavy atom. The molecule has 4 nitrogen and oxygen atoms in total. The Morgan fingerprint density at radius 3 is 2.62 bits per heavy atom. The summed E-state index contributed by atoms with van der Waals surface area (Å²) in [6.07, 6.45) is 0. The topological polar surface area (TPSA) is 46.6 Å². The highest BCUT2D eigenvalue weighted by Gasteiger charge is 2.36. The predicted octanol–water partition coefficient (Wildman–Crippen LogP) is 3.08. The Kier molecular flexibility index (Phi) is 3.39. The number of anilines is 1. The van der Waals surface area contributed by atoms with Crippen LogP contribution in [0, 0.1) is 0 Å². The summed E-state index contributed by atoms with van der Waals surface area (Å²) in [7, 11) is 1.52. The first-order chi connectivity index (χ1) is 10.1. The summed E-state index contributed by atoms with van der Waals surface area (Å²) in [5.74, 6) is -0.511. The molecule has 0 fully saturated rings. The molecule has 106 valence electrons. The molecule has 0 atom stereocenters. The summed E-state index contributed by atoms with van der Waals surface area (Å²) in [5, 5.41) is 0.569. The van der Waals surface area contributed by atoms with Gasteiger partial charge in [0.15, 0.2) is 0 Å². The van der Waals surface area contributed by atoms with E-state index in [2.05, 4.69) is 0 Å². The molecule has 5 heteroatoms. The zero-order valence-corrected chi connectivity index (χ0v) is 12.1. The molecule has 0 spiro atoms. The molecule has 0 N–H and O–H groups in total. The monoisotopic (exact) mass is 301 g/mol. The van der Waals surface area contributed by atoms with Crippen LogP contribution in [0.1, 0.15) is 15.9 Å². The van der Waals surface area contributed by atoms with E-state index >= 15 is 0 Å². The molecule has 0 aliphatic carbocycles. The van der Waals surface area contributed by atoms with Crippen LogP contribution in [0.4, 0.5) is 5.69 Å². The van der Waals surface area contributed by atoms with Crippen molar-refractivity contribution < 1.29 is 14.3 Å². The van der Waals surface area contributed by atoms with Gasteiger partial charge in [-0.15, -0.1) is 0 Å². The summed E-state index contributed by atoms with van der Waals surface area (Å²) >= 11 is 6.12. The van der Waals surface area contributed by atoms with Gasteiger partial charge in [0, 0.05) is 5.02 Å². The number of amides is 1. The lowest BCUT2D eigenvalue weighted by Crippen LogP contribution is -2.29. The van der Waals surface area contributed by atoms with Crippen LogP contribution in [-0.2, 0) is 11.3 Å². The van der Waals surface area contributed by atoms with Crippen LogP contribution in [0.25, 0.3) is 0 Å². The summed E-state index contributed by atoms with van der Waals surface area (Å²) < 4.78 is 5.09. The number of hydrogen-bond acceptors (Lipinski definition) is 3. The average Bonchev–Trinajstić information content (AvgIpc) is 2.74. The van der Waals surface area contributed by atoms with Crippen LogP contribution in [0.2, 0.25) is 5.02 Å². The molecule has 0 bridgehead atoms. The maximum atomic E-state index is 12.2. The van der Waals surface area contributed by atoms with Gasteiger partial charge in [0.25, 0.3) is 11.7 Å². The molecule has 2 aromatic carbocycles. The summed E-state index contributed by atoms with van der Waals surface area (Å²) in [4.78, 5) is 25.7. The number of hydrogen-bond donors (Lipinski definition) is 0. The molecule has 1 amide bonds. The summed E-state index contributed by atoms with van der Waals surface area (Å²) in [6, 6.07) is 12.3. The molecular weight excluding hydrogens is 290 g/mol. The first kappa shape index (κ1) is 13.6. The van der Waals surface area contributed by atoms with E-state index in [-0.39, 0.29) is 6.54 Å². The second-order valence-corrected chi connectivity index (χ2v) is 5.10. The Labute approximate surface area is 126 Å². The standard InChI is InChI=1S/C16H12ClNO3/c1-21-11-6-7-14-12(8-11)15(19)16(20)18(14)9-10-4-2-3-5-13(10)17/h2-8H,9H2,1H3. The third-order valence-electron chi connectivity index (χ3n) is 3.46. The molecule has 0 saturated carbocycles. The van der Waals surface area contributed by atoms with Crippen molar-refractivity contribution in [2.75, 3.05) is 12.0 Å². The molecule has 1 aliphatic heterocycles. The largest absolute Gasteiger partial charge is 0.497 e. The molecule has 1 heterocycles. The highest BCUT2D eigenvalue weighted by atomic mass is 35.5. The third kappa shape index (κ3) is 2.28. The maximum Gasteiger partial charge on any atom is 0.299 e. The fourth-order valence-electron chi connectivity index (χ4n) is 2.36. The first-order valence-corrected chi connectivity index (χ1v) is 6.77. The molecule has 0 unspecified atom stereocenters. The number of ketones is 1. The zero-order chi connectivity index (χ0) is 15.0. The third-order valence-corrected chi connectivity index (χ3v) is 3.83. The Hall–Kier alpha value is -2.33. The highest BCUT2D eigenvalue weighted by molar-refractivity contribution is 6.52. The van der Waals surface area contributed by atoms with Gasteiger partial charge in [0.1, 0.15) is 5.75 Å². The Bertz CT molecular complexity index is 742. The van der Waals surface area contributed by atoms with Gasteiger partial charge >= 0.3 is 0 Å². The first-order valence-electron chi connectivity index (χ1n) is 6.39. The van der Waals surface area contributed by atoms with Gasteiger partial charge in [-0.25, -0.2) is 0 Å². The molecule has 0 saturated heterocycles. The fraction of sp³-hybridized carbons (Fsp3) is 0.125. The lowest BCUT2D eigenvalue weighted by atomic mass is 10.1. The van der Waals surface area contributed by atoms with Gasteiger partial charge < -0.3 is 9.64 Å². The molecule has 1 aliphatic rings. The lowest BCUT2D eigenvalue weighted by molar-refractivity contribution is -0.114. The van der Waals surface area contributed by atoms with Crippen LogP contribution in [0.15, 0.2) is 42.5 Å². The van der Waals surface area contributed by atoms with Gasteiger partial charge in [-0.05, 0) is 29.8 Å². The van der Waals surface area contributed by atoms with E-state index in [9.17, 15) is 9.59 Å². The number of Topliss-reactive ketones (excluding diaryl/α,β-unsaturated/α-hetero) is 1. The number of methoxy groups -OCH3 is 1. The van der Waals surface area contributed by atoms with E-state index in [1.165, 1.54) is 12.0 Å². The number of carbonyl (C=O) groups excluding carboxylic acids is 2. The number of fused-ring (bicyclic) bond motifs is 1. The van der Waals surface area contributed by atoms with Crippen molar-refractivity contribution in [3.63, 3.8) is 0 Å². The molecule has 2 aromatic rings. The number of halogens is 1. The van der Waals surface area contributed by atoms with Crippen molar-refractivity contribution in [3.05, 3.63) is 58.6 Å². The van der Waals surface area contributed by atoms with E-state index in [4.69, 9.17) is 16.3 Å². The summed E-state index contributed by atoms with van der Waals surface area (Å²) in [6.45, 7) is 0.267. The van der Waals surface area contributed by atoms with Crippen molar-refractivity contribution >= 4 is 29.0 Å². The molecule has 3 rings (SSSR count). The fourth-order valence-corrected chi connectivity index (χ4v) is 2.56. The van der Waals surface area contributed by atoms with Gasteiger partial charge in [-0.3, -0.25) is 9.59 Å². The normalized spacial score (nSPS) is 13.5. The van der Waals surface area contributed by atoms with Gasteiger partial charge in [-0.2, -0.15) is 0 Å². The van der Waals surface area contributed by atoms with Gasteiger partial charge in [-0.1, -0.05) is 29.8 Å². The van der Waals surface area contributed by atoms with Crippen molar-refractivity contribution in [1.82, 2.24) is 0 Å². The minimum Gasteiger partial charge on any atom is -0.497 e. The van der Waals surface area contributed by atoms with Gasteiger partial charge in [0.2, 0.25) is 0 Å². The number of carbonyl (C=O) groups is 2. The van der Waals surface area contributed by atoms with Crippen LogP contribution in [0.5, 0.6) is 5.75 Å². The van der Waals surface area contributed by atoms with E-state index < -0.39 is 11.7 Å². The van der Waals surface area contributed by atoms with E-state index in [0.717, 1.165) is 5.56 Å². The molecule has 0 radical (unpaired) electrons. The van der Waals surface area contributed by atoms with Crippen molar-refractivity contribution in [3.8, 4) is 5.75 Å². The van der Waals surface area contributed by atoms with Crippen LogP contribution >= 0.6 is 11.6 Å². The Morgan fingerprint density at radius 1 is 1.14 bits per heavy atom. The van der Waals surface area contributed by atoms with E-state index in [0.29, 0.717) is 22.0 Å². The Balaban J connectivity index is 2.00. The molecule has 21 heavy (non-hydrogen) atoms. The smallest absolute Gasteiger partial charge is 0.299 e. The number of rotatable bonds is 3. The van der Waals surface area contributed by atoms with Gasteiger partial charge in [0.05, 0.1) is 24.9 Å². The highest BCUT2D eigenvalue weighted by Crippen LogP contribution is 2.33. The van der Waals surface area contributed by atoms with Crippen molar-refractivity contribution in [2.24, 2.45) is 0 Å². The van der Waals surface area contributed by atoms with Crippen molar-refractivity contribution in [1.29, 1.82) is 0 Å². The number of nitrogens with zero attached hydrogens (tertiary/aromatic N) is 1. The number of ether oxygens (including phenoxy) is 1. The quantitative estimate of drug-likeness (QED) is 0.819. The zero-order valence-electron chi connectivity index (χ0n) is 11.3. The van der Waals surface area contributed by atoms with Crippen LogP contribution in [-0.4, -0.2) is 18.8 Å². The molecule has 0 aromatic heterocycles. The summed E-state index contributed by atoms with van der Waals surface area (Å²) in [5.41, 5.74) is 1.75. The minimum atomic E-state index is -0.543. The minimum absolute atomic E-state index is 0.267. The predicted molar refractivity (Wildman–Crippen MR) is 80.0 cm³/mol. The van der Waals surface area contributed by atoms with Crippen LogP contribution < -0.4 is 9.64 Å². The maximum absolute atomic E-state index is 12.2. The van der Waals surface area contributed by atoms with Crippen LogP contribution in [0.3, 0.4) is 0 Å². The number of benzene rings is 2. The van der Waals surface area contributed by atoms with E-state index in [1.54, 1.807) is 24.3 Å². The average molecular weight is 302 g/mol. The second-order valence-electron chi connectivity index (χ2n) is 4.69. The molecular formula is C16H12ClNO3. The SMILES string of the molecule is COc1ccc2c(c1)C(=O)C(=O)N2Cc1ccccc1Cl. The lowest BCUT2D eigenvalue weighted by Gasteiger charge is -2.17. The van der Waals surface area contributed by atoms with Crippen molar-refractivity contribution in [2.45, 2.75) is 6.54 Å². The second kappa shape index (κ2) is 5.22.